The highest BCUT2D eigenvalue weighted by Crippen LogP contribution is 2.19. The first-order valence-corrected chi connectivity index (χ1v) is 9.76. The summed E-state index contributed by atoms with van der Waals surface area (Å²) in [7, 11) is 3.19. The van der Waals surface area contributed by atoms with Crippen LogP contribution in [0, 0.1) is 11.7 Å². The van der Waals surface area contributed by atoms with Crippen molar-refractivity contribution in [2.75, 3.05) is 40.3 Å². The van der Waals surface area contributed by atoms with Crippen molar-refractivity contribution in [3.63, 3.8) is 0 Å². The van der Waals surface area contributed by atoms with Gasteiger partial charge >= 0.3 is 5.97 Å². The number of hydrogen-bond acceptors (Lipinski definition) is 4. The Morgan fingerprint density at radius 2 is 2.07 bits per heavy atom. The van der Waals surface area contributed by atoms with Gasteiger partial charge in [-0.3, -0.25) is 9.59 Å². The molecule has 150 valence electrons. The van der Waals surface area contributed by atoms with Crippen molar-refractivity contribution in [3.8, 4) is 0 Å². The molecule has 0 aliphatic carbocycles. The van der Waals surface area contributed by atoms with E-state index in [1.54, 1.807) is 11.0 Å². The van der Waals surface area contributed by atoms with E-state index in [4.69, 9.17) is 0 Å². The summed E-state index contributed by atoms with van der Waals surface area (Å²) in [6.45, 7) is 3.54. The summed E-state index contributed by atoms with van der Waals surface area (Å²) in [5, 5.41) is 0. The summed E-state index contributed by atoms with van der Waals surface area (Å²) in [6.07, 6.45) is 4.10. The van der Waals surface area contributed by atoms with Gasteiger partial charge in [-0.25, -0.2) is 4.39 Å². The average Bonchev–Trinajstić information content (AvgIpc) is 2.67. The Labute approximate surface area is 161 Å². The van der Waals surface area contributed by atoms with Gasteiger partial charge in [0.1, 0.15) is 5.82 Å². The van der Waals surface area contributed by atoms with E-state index in [0.29, 0.717) is 25.2 Å². The van der Waals surface area contributed by atoms with Crippen molar-refractivity contribution in [3.05, 3.63) is 35.6 Å². The number of ether oxygens (including phenoxy) is 1. The number of nitrogens with zero attached hydrogens (tertiary/aromatic N) is 2. The molecule has 0 unspecified atom stereocenters. The highest BCUT2D eigenvalue weighted by atomic mass is 19.1. The molecule has 0 radical (unpaired) electrons. The molecule has 5 nitrogen and oxygen atoms in total. The number of carbonyl (C=O) groups excluding carboxylic acids is 2. The van der Waals surface area contributed by atoms with Crippen LogP contribution in [-0.4, -0.2) is 62.0 Å². The van der Waals surface area contributed by atoms with Crippen molar-refractivity contribution in [2.45, 2.75) is 38.5 Å². The monoisotopic (exact) mass is 378 g/mol. The molecule has 0 N–H and O–H groups in total. The van der Waals surface area contributed by atoms with Crippen LogP contribution >= 0.6 is 0 Å². The van der Waals surface area contributed by atoms with Gasteiger partial charge in [0.05, 0.1) is 7.11 Å². The van der Waals surface area contributed by atoms with Crippen LogP contribution in [0.2, 0.25) is 0 Å². The van der Waals surface area contributed by atoms with E-state index in [1.165, 1.54) is 13.2 Å². The molecule has 2 rings (SSSR count). The fraction of sp³-hybridized carbons (Fsp3) is 0.619. The molecule has 0 spiro atoms. The molecule has 0 bridgehead atoms. The third kappa shape index (κ3) is 7.29. The van der Waals surface area contributed by atoms with E-state index in [1.807, 2.05) is 19.2 Å². The number of hydrogen-bond donors (Lipinski definition) is 0. The first kappa shape index (κ1) is 21.4. The third-order valence-electron chi connectivity index (χ3n) is 5.22. The van der Waals surface area contributed by atoms with Crippen LogP contribution < -0.4 is 0 Å². The minimum atomic E-state index is -0.275. The van der Waals surface area contributed by atoms with Gasteiger partial charge in [0.15, 0.2) is 0 Å². The van der Waals surface area contributed by atoms with Crippen LogP contribution in [0.4, 0.5) is 4.39 Å². The highest BCUT2D eigenvalue weighted by molar-refractivity contribution is 5.77. The van der Waals surface area contributed by atoms with E-state index in [9.17, 15) is 14.0 Å². The van der Waals surface area contributed by atoms with Gasteiger partial charge in [0, 0.05) is 39.5 Å². The van der Waals surface area contributed by atoms with Gasteiger partial charge in [-0.2, -0.15) is 0 Å². The van der Waals surface area contributed by atoms with Crippen molar-refractivity contribution >= 4 is 11.9 Å². The zero-order valence-corrected chi connectivity index (χ0v) is 16.5. The molecule has 6 heteroatoms. The maximum Gasteiger partial charge on any atom is 0.305 e. The summed E-state index contributed by atoms with van der Waals surface area (Å²) in [5.41, 5.74) is 0.762. The molecule has 1 aliphatic heterocycles. The molecule has 1 aromatic carbocycles. The van der Waals surface area contributed by atoms with Gasteiger partial charge in [-0.15, -0.1) is 0 Å². The number of piperidine rings is 1. The summed E-state index contributed by atoms with van der Waals surface area (Å²) < 4.78 is 18.4. The second-order valence-corrected chi connectivity index (χ2v) is 7.35. The van der Waals surface area contributed by atoms with Crippen molar-refractivity contribution in [1.82, 2.24) is 9.80 Å². The SMILES string of the molecule is COC(=O)CCCC(=O)N(C)C[C@H]1CCCN(CCc2ccccc2F)C1. The normalized spacial score (nSPS) is 17.5. The molecule has 1 saturated heterocycles. The van der Waals surface area contributed by atoms with Gasteiger partial charge in [-0.05, 0) is 49.8 Å². The number of esters is 1. The lowest BCUT2D eigenvalue weighted by molar-refractivity contribution is -0.140. The molecule has 1 atom stereocenters. The second-order valence-electron chi connectivity index (χ2n) is 7.35. The summed E-state index contributed by atoms with van der Waals surface area (Å²) in [5.74, 6) is 0.0999. The van der Waals surface area contributed by atoms with Crippen LogP contribution in [0.5, 0.6) is 0 Å². The molecular weight excluding hydrogens is 347 g/mol. The summed E-state index contributed by atoms with van der Waals surface area (Å²) in [6, 6.07) is 6.94. The maximum absolute atomic E-state index is 13.8. The molecule has 27 heavy (non-hydrogen) atoms. The number of likely N-dealkylation sites (tertiary alicyclic amines) is 1. The Balaban J connectivity index is 1.72. The van der Waals surface area contributed by atoms with Crippen molar-refractivity contribution in [2.24, 2.45) is 5.92 Å². The summed E-state index contributed by atoms with van der Waals surface area (Å²) in [4.78, 5) is 27.5. The smallest absolute Gasteiger partial charge is 0.305 e. The number of benzene rings is 1. The number of methoxy groups -OCH3 is 1. The van der Waals surface area contributed by atoms with Gasteiger partial charge in [0.2, 0.25) is 5.91 Å². The predicted molar refractivity (Wildman–Crippen MR) is 103 cm³/mol. The molecule has 1 aliphatic rings. The zero-order valence-electron chi connectivity index (χ0n) is 16.5. The molecule has 1 fully saturated rings. The number of carbonyl (C=O) groups is 2. The maximum atomic E-state index is 13.8. The molecule has 0 saturated carbocycles. The Hall–Kier alpha value is -1.95. The molecule has 1 amide bonds. The van der Waals surface area contributed by atoms with E-state index in [-0.39, 0.29) is 24.1 Å². The molecule has 1 aromatic rings. The van der Waals surface area contributed by atoms with E-state index >= 15 is 0 Å². The fourth-order valence-electron chi connectivity index (χ4n) is 3.65. The average molecular weight is 378 g/mol. The van der Waals surface area contributed by atoms with E-state index < -0.39 is 0 Å². The Bertz CT molecular complexity index is 623. The van der Waals surface area contributed by atoms with Gasteiger partial charge < -0.3 is 14.5 Å². The lowest BCUT2D eigenvalue weighted by Gasteiger charge is -2.34. The van der Waals surface area contributed by atoms with Gasteiger partial charge in [0.25, 0.3) is 0 Å². The predicted octanol–water partition coefficient (Wildman–Crippen LogP) is 2.88. The largest absolute Gasteiger partial charge is 0.469 e. The van der Waals surface area contributed by atoms with Crippen LogP contribution in [0.25, 0.3) is 0 Å². The topological polar surface area (TPSA) is 49.9 Å². The Morgan fingerprint density at radius 3 is 2.81 bits per heavy atom. The fourth-order valence-corrected chi connectivity index (χ4v) is 3.65. The molecule has 1 heterocycles. The van der Waals surface area contributed by atoms with Crippen LogP contribution in [-0.2, 0) is 20.7 Å². The minimum Gasteiger partial charge on any atom is -0.469 e. The third-order valence-corrected chi connectivity index (χ3v) is 5.22. The quantitative estimate of drug-likeness (QED) is 0.620. The Morgan fingerprint density at radius 1 is 1.30 bits per heavy atom. The first-order chi connectivity index (χ1) is 13.0. The number of amides is 1. The lowest BCUT2D eigenvalue weighted by atomic mass is 9.97. The highest BCUT2D eigenvalue weighted by Gasteiger charge is 2.22. The van der Waals surface area contributed by atoms with Crippen LogP contribution in [0.3, 0.4) is 0 Å². The zero-order chi connectivity index (χ0) is 19.6. The van der Waals surface area contributed by atoms with E-state index in [0.717, 1.165) is 44.6 Å². The van der Waals surface area contributed by atoms with Crippen molar-refractivity contribution < 1.29 is 18.7 Å². The molecule has 0 aromatic heterocycles. The van der Waals surface area contributed by atoms with E-state index in [2.05, 4.69) is 9.64 Å². The summed E-state index contributed by atoms with van der Waals surface area (Å²) >= 11 is 0. The first-order valence-electron chi connectivity index (χ1n) is 9.76. The number of rotatable bonds is 9. The van der Waals surface area contributed by atoms with Crippen LogP contribution in [0.1, 0.15) is 37.7 Å². The second kappa shape index (κ2) is 11.0. The van der Waals surface area contributed by atoms with Crippen molar-refractivity contribution in [1.29, 1.82) is 0 Å². The lowest BCUT2D eigenvalue weighted by Crippen LogP contribution is -2.42. The van der Waals surface area contributed by atoms with Gasteiger partial charge in [-0.1, -0.05) is 18.2 Å². The standard InChI is InChI=1S/C21H31FN2O3/c1-23(20(25)10-5-11-21(26)27-2)15-17-7-6-13-24(16-17)14-12-18-8-3-4-9-19(18)22/h3-4,8-9,17H,5-7,10-16H2,1-2H3/t17-/m1/s1. The minimum absolute atomic E-state index is 0.0717. The van der Waals surface area contributed by atoms with Crippen LogP contribution in [0.15, 0.2) is 24.3 Å². The molecular formula is C21H31FN2O3. The number of halogens is 1. The Kier molecular flexibility index (Phi) is 8.72.